The van der Waals surface area contributed by atoms with Crippen LogP contribution in [-0.2, 0) is 17.3 Å². The Hall–Kier alpha value is -11.8. The number of para-hydroxylation sites is 2. The van der Waals surface area contributed by atoms with Crippen molar-refractivity contribution in [1.29, 1.82) is 0 Å². The molecule has 448 valence electrons. The molecule has 4 unspecified atom stereocenters. The third-order valence-corrected chi connectivity index (χ3v) is 21.2. The van der Waals surface area contributed by atoms with Crippen molar-refractivity contribution < 1.29 is 0 Å². The van der Waals surface area contributed by atoms with E-state index in [1.54, 1.807) is 0 Å². The van der Waals surface area contributed by atoms with Crippen molar-refractivity contribution in [1.82, 2.24) is 0 Å². The van der Waals surface area contributed by atoms with Gasteiger partial charge in [-0.3, -0.25) is 0 Å². The van der Waals surface area contributed by atoms with Gasteiger partial charge in [-0.2, -0.15) is 0 Å². The lowest BCUT2D eigenvalue weighted by atomic mass is 9.68. The van der Waals surface area contributed by atoms with Crippen LogP contribution in [-0.4, -0.2) is 0 Å². The molecule has 0 fully saturated rings. The molecule has 0 saturated carbocycles. The zero-order valence-electron chi connectivity index (χ0n) is 52.7. The Bertz CT molecular complexity index is 5310. The summed E-state index contributed by atoms with van der Waals surface area (Å²) in [5, 5.41) is 0. The van der Waals surface area contributed by atoms with E-state index in [1.807, 2.05) is 12.2 Å². The highest BCUT2D eigenvalue weighted by atomic mass is 15.1. The summed E-state index contributed by atoms with van der Waals surface area (Å²) in [7, 11) is 0. The van der Waals surface area contributed by atoms with E-state index in [0.717, 1.165) is 51.7 Å². The zero-order valence-corrected chi connectivity index (χ0v) is 52.7. The lowest BCUT2D eigenvalue weighted by molar-refractivity contribution is 0.629. The summed E-state index contributed by atoms with van der Waals surface area (Å²) in [6.07, 6.45) is 4.65. The summed E-state index contributed by atoms with van der Waals surface area (Å²) in [4.78, 5) is 5.00. The van der Waals surface area contributed by atoms with Crippen LogP contribution in [0.5, 0.6) is 0 Å². The van der Waals surface area contributed by atoms with E-state index in [1.165, 1.54) is 111 Å². The fourth-order valence-electron chi connectivity index (χ4n) is 17.1. The van der Waals surface area contributed by atoms with Crippen LogP contribution >= 0.6 is 0 Å². The van der Waals surface area contributed by atoms with Gasteiger partial charge in [0.25, 0.3) is 0 Å². The quantitative estimate of drug-likeness (QED) is 0.107. The van der Waals surface area contributed by atoms with Crippen molar-refractivity contribution >= 4 is 46.3 Å². The number of rotatable bonds is 14. The highest BCUT2D eigenvalue weighted by Crippen LogP contribution is 2.65. The van der Waals surface area contributed by atoms with Gasteiger partial charge in [0.15, 0.2) is 0 Å². The lowest BCUT2D eigenvalue weighted by Crippen LogP contribution is -2.30. The van der Waals surface area contributed by atoms with Crippen molar-refractivity contribution in [3.8, 4) is 44.5 Å². The molecule has 0 aromatic heterocycles. The summed E-state index contributed by atoms with van der Waals surface area (Å²) in [5.74, 6) is 0.0973. The Morgan fingerprint density at radius 1 is 0.295 bits per heavy atom. The van der Waals surface area contributed by atoms with Gasteiger partial charge in [0, 0.05) is 46.0 Å². The number of hydrogen-bond acceptors (Lipinski definition) is 2. The first-order valence-corrected chi connectivity index (χ1v) is 33.2. The van der Waals surface area contributed by atoms with Gasteiger partial charge < -0.3 is 9.80 Å². The predicted octanol–water partition coefficient (Wildman–Crippen LogP) is 23.8. The molecule has 0 N–H and O–H groups in total. The van der Waals surface area contributed by atoms with E-state index >= 15 is 0 Å². The standard InChI is InChI=1S/C93H66N2/c1-3-62-41-43-64(44-42-62)61-92(67-27-11-6-12-28-67)84-38-22-19-34-76(84)79-54-50-71(58-87(79)92)95(69-31-15-8-16-32-69)73-52-56-81-78-36-21-24-40-86(78)93(89(81)60-73)85-39-23-20-35-77(85)80-55-51-72(59-88(80)93)94(68-29-13-7-14-30-68)70-49-53-75-74-33-17-18-37-82(74)91(83(75)57-70)90(65-25-9-5-10-26-65)66-47-45-63(4-2)46-48-66/h3-60,90-91H,1-2,61H2. The summed E-state index contributed by atoms with van der Waals surface area (Å²) < 4.78 is 0. The molecule has 18 rings (SSSR count). The topological polar surface area (TPSA) is 6.48 Å². The molecular formula is C93H66N2. The van der Waals surface area contributed by atoms with E-state index in [9.17, 15) is 0 Å². The third kappa shape index (κ3) is 8.64. The molecule has 4 atom stereocenters. The van der Waals surface area contributed by atoms with Crippen LogP contribution in [0.25, 0.3) is 56.7 Å². The monoisotopic (exact) mass is 1210 g/mol. The number of nitrogens with zero attached hydrogens (tertiary/aromatic N) is 2. The van der Waals surface area contributed by atoms with Gasteiger partial charge in [-0.1, -0.05) is 292 Å². The van der Waals surface area contributed by atoms with Crippen LogP contribution in [0.15, 0.2) is 353 Å². The van der Waals surface area contributed by atoms with E-state index in [0.29, 0.717) is 0 Å². The number of benzene rings is 14. The minimum Gasteiger partial charge on any atom is -0.310 e. The van der Waals surface area contributed by atoms with Crippen molar-refractivity contribution in [2.45, 2.75) is 29.1 Å². The maximum absolute atomic E-state index is 4.11. The predicted molar refractivity (Wildman–Crippen MR) is 396 cm³/mol. The van der Waals surface area contributed by atoms with Crippen LogP contribution < -0.4 is 9.80 Å². The molecule has 14 aromatic carbocycles. The second-order valence-corrected chi connectivity index (χ2v) is 25.9. The summed E-state index contributed by atoms with van der Waals surface area (Å²) in [5.41, 5.74) is 33.3. The SMILES string of the molecule is C=Cc1ccc(CC2(c3ccccc3)c3ccccc3-c3ccc(N(c4ccccc4)c4ccc5c(c4)C4(c6ccccc6-c6ccc(N(c7ccccc7)c7ccc8c(c7)C(C(c7ccccc7)c7ccc(C=C)cc7)c7ccccc7-8)cc64)c4ccccc4-5)cc32)cc1. The zero-order chi connectivity index (χ0) is 63.2. The highest BCUT2D eigenvalue weighted by Gasteiger charge is 2.53. The molecule has 0 heterocycles. The highest BCUT2D eigenvalue weighted by molar-refractivity contribution is 5.98. The van der Waals surface area contributed by atoms with Gasteiger partial charge in [0.05, 0.1) is 10.8 Å². The molecule has 95 heavy (non-hydrogen) atoms. The normalized spacial score (nSPS) is 16.5. The average molecular weight is 1210 g/mol. The van der Waals surface area contributed by atoms with Gasteiger partial charge in [0.2, 0.25) is 0 Å². The van der Waals surface area contributed by atoms with Gasteiger partial charge in [-0.25, -0.2) is 0 Å². The maximum atomic E-state index is 4.11. The molecule has 4 aliphatic rings. The number of fused-ring (bicyclic) bond motifs is 16. The molecule has 4 aliphatic carbocycles. The van der Waals surface area contributed by atoms with Gasteiger partial charge in [0.1, 0.15) is 0 Å². The van der Waals surface area contributed by atoms with Crippen molar-refractivity contribution in [3.63, 3.8) is 0 Å². The summed E-state index contributed by atoms with van der Waals surface area (Å²) >= 11 is 0. The maximum Gasteiger partial charge on any atom is 0.0727 e. The van der Waals surface area contributed by atoms with Crippen molar-refractivity contribution in [2.24, 2.45) is 0 Å². The van der Waals surface area contributed by atoms with Crippen molar-refractivity contribution in [3.05, 3.63) is 431 Å². The molecule has 0 bridgehead atoms. The van der Waals surface area contributed by atoms with Crippen LogP contribution in [0.2, 0.25) is 0 Å². The molecule has 0 saturated heterocycles. The van der Waals surface area contributed by atoms with Crippen molar-refractivity contribution in [2.75, 3.05) is 9.80 Å². The van der Waals surface area contributed by atoms with Crippen LogP contribution in [0.3, 0.4) is 0 Å². The van der Waals surface area contributed by atoms with E-state index in [-0.39, 0.29) is 11.8 Å². The minimum absolute atomic E-state index is 0.0461. The first kappa shape index (κ1) is 56.0. The fraction of sp³-hybridized carbons (Fsp3) is 0.0538. The average Bonchev–Trinajstić information content (AvgIpc) is 1.51. The van der Waals surface area contributed by atoms with Crippen LogP contribution in [0.4, 0.5) is 34.1 Å². The molecular weight excluding hydrogens is 1150 g/mol. The van der Waals surface area contributed by atoms with Crippen LogP contribution in [0, 0.1) is 0 Å². The number of anilines is 6. The van der Waals surface area contributed by atoms with Gasteiger partial charge in [-0.15, -0.1) is 0 Å². The lowest BCUT2D eigenvalue weighted by Gasteiger charge is -2.35. The Morgan fingerprint density at radius 2 is 0.674 bits per heavy atom. The largest absolute Gasteiger partial charge is 0.310 e. The molecule has 1 spiro atoms. The first-order chi connectivity index (χ1) is 47.0. The molecule has 14 aromatic rings. The van der Waals surface area contributed by atoms with Gasteiger partial charge in [-0.05, 0) is 202 Å². The smallest absolute Gasteiger partial charge is 0.0727 e. The number of hydrogen-bond donors (Lipinski definition) is 0. The van der Waals surface area contributed by atoms with Crippen LogP contribution in [0.1, 0.15) is 89.7 Å². The summed E-state index contributed by atoms with van der Waals surface area (Å²) in [6, 6.07) is 128. The Morgan fingerprint density at radius 3 is 1.21 bits per heavy atom. The second-order valence-electron chi connectivity index (χ2n) is 25.9. The molecule has 0 radical (unpaired) electrons. The first-order valence-electron chi connectivity index (χ1n) is 33.2. The van der Waals surface area contributed by atoms with E-state index in [4.69, 9.17) is 0 Å². The van der Waals surface area contributed by atoms with E-state index in [2.05, 4.69) is 363 Å². The third-order valence-electron chi connectivity index (χ3n) is 21.2. The Labute approximate surface area is 557 Å². The summed E-state index contributed by atoms with van der Waals surface area (Å²) in [6.45, 7) is 8.20. The minimum atomic E-state index is -0.674. The van der Waals surface area contributed by atoms with E-state index < -0.39 is 10.8 Å². The molecule has 2 nitrogen and oxygen atoms in total. The molecule has 0 aliphatic heterocycles. The fourth-order valence-corrected chi connectivity index (χ4v) is 17.1. The Balaban J connectivity index is 0.823. The molecule has 2 heteroatoms. The molecule has 0 amide bonds. The second kappa shape index (κ2) is 22.5. The Kier molecular flexibility index (Phi) is 13.2. The van der Waals surface area contributed by atoms with Gasteiger partial charge >= 0.3 is 0 Å².